The molecule has 0 aliphatic carbocycles. The number of amides is 1. The number of nitrogens with two attached hydrogens (primary N) is 1. The Labute approximate surface area is 161 Å². The van der Waals surface area contributed by atoms with E-state index in [1.165, 1.54) is 6.07 Å². The van der Waals surface area contributed by atoms with Crippen molar-refractivity contribution in [2.45, 2.75) is 44.9 Å². The minimum atomic E-state index is -4.60. The zero-order valence-corrected chi connectivity index (χ0v) is 15.8. The lowest BCUT2D eigenvalue weighted by Gasteiger charge is -2.19. The first-order chi connectivity index (χ1) is 12.9. The van der Waals surface area contributed by atoms with Crippen LogP contribution in [0.2, 0.25) is 0 Å². The van der Waals surface area contributed by atoms with Crippen molar-refractivity contribution in [3.05, 3.63) is 70.8 Å². The molecular weight excluding hydrogens is 371 g/mol. The summed E-state index contributed by atoms with van der Waals surface area (Å²) in [5.74, 6) is -3.68. The molecule has 0 aromatic heterocycles. The molecule has 2 aromatic rings. The smallest absolute Gasteiger partial charge is 0.416 e. The van der Waals surface area contributed by atoms with E-state index in [0.29, 0.717) is 5.56 Å². The number of esters is 1. The van der Waals surface area contributed by atoms with Crippen LogP contribution in [0.15, 0.2) is 48.5 Å². The molecule has 2 aromatic carbocycles. The molecule has 0 spiro atoms. The minimum Gasteiger partial charge on any atom is -0.460 e. The van der Waals surface area contributed by atoms with Gasteiger partial charge in [-0.25, -0.2) is 0 Å². The van der Waals surface area contributed by atoms with Gasteiger partial charge in [-0.15, -0.1) is 0 Å². The van der Waals surface area contributed by atoms with Crippen molar-refractivity contribution >= 4 is 11.9 Å². The van der Waals surface area contributed by atoms with E-state index in [-0.39, 0.29) is 17.6 Å². The van der Waals surface area contributed by atoms with Gasteiger partial charge in [0, 0.05) is 0 Å². The lowest BCUT2D eigenvalue weighted by Crippen LogP contribution is -2.30. The molecule has 0 saturated heterocycles. The summed E-state index contributed by atoms with van der Waals surface area (Å²) in [7, 11) is 0. The molecule has 4 nitrogen and oxygen atoms in total. The van der Waals surface area contributed by atoms with E-state index in [4.69, 9.17) is 10.5 Å². The first-order valence-corrected chi connectivity index (χ1v) is 8.62. The second-order valence-corrected chi connectivity index (χ2v) is 7.51. The van der Waals surface area contributed by atoms with E-state index in [0.717, 1.165) is 23.8 Å². The highest BCUT2D eigenvalue weighted by Crippen LogP contribution is 2.31. The predicted molar refractivity (Wildman–Crippen MR) is 98.3 cm³/mol. The normalized spacial score (nSPS) is 13.1. The lowest BCUT2D eigenvalue weighted by molar-refractivity contribution is -0.149. The molecule has 0 radical (unpaired) electrons. The topological polar surface area (TPSA) is 69.4 Å². The molecule has 7 heteroatoms. The molecule has 0 saturated carbocycles. The van der Waals surface area contributed by atoms with Crippen LogP contribution in [-0.2, 0) is 32.5 Å². The van der Waals surface area contributed by atoms with Gasteiger partial charge in [-0.3, -0.25) is 9.59 Å². The SMILES string of the molecule is CC(C)(C)c1ccc(COC(=O)C(C(N)=O)c2cccc(C(F)(F)F)c2)cc1. The number of ether oxygens (including phenoxy) is 1. The summed E-state index contributed by atoms with van der Waals surface area (Å²) in [6.45, 7) is 6.07. The zero-order chi connectivity index (χ0) is 21.1. The summed E-state index contributed by atoms with van der Waals surface area (Å²) in [5.41, 5.74) is 5.87. The van der Waals surface area contributed by atoms with Gasteiger partial charge in [0.05, 0.1) is 5.56 Å². The molecule has 0 heterocycles. The molecule has 1 amide bonds. The van der Waals surface area contributed by atoms with Crippen LogP contribution >= 0.6 is 0 Å². The third kappa shape index (κ3) is 5.34. The van der Waals surface area contributed by atoms with E-state index in [1.54, 1.807) is 12.1 Å². The molecule has 1 atom stereocenters. The molecule has 2 N–H and O–H groups in total. The largest absolute Gasteiger partial charge is 0.460 e. The number of hydrogen-bond donors (Lipinski definition) is 1. The van der Waals surface area contributed by atoms with Gasteiger partial charge in [0.2, 0.25) is 5.91 Å². The van der Waals surface area contributed by atoms with Gasteiger partial charge in [0.25, 0.3) is 0 Å². The van der Waals surface area contributed by atoms with Gasteiger partial charge < -0.3 is 10.5 Å². The highest BCUT2D eigenvalue weighted by molar-refractivity contribution is 6.02. The molecule has 1 unspecified atom stereocenters. The van der Waals surface area contributed by atoms with E-state index in [9.17, 15) is 22.8 Å². The molecule has 0 bridgehead atoms. The number of carbonyl (C=O) groups is 2. The van der Waals surface area contributed by atoms with Gasteiger partial charge in [-0.2, -0.15) is 13.2 Å². The van der Waals surface area contributed by atoms with E-state index >= 15 is 0 Å². The highest BCUT2D eigenvalue weighted by Gasteiger charge is 2.34. The third-order valence-corrected chi connectivity index (χ3v) is 4.27. The number of benzene rings is 2. The van der Waals surface area contributed by atoms with Gasteiger partial charge in [-0.05, 0) is 28.2 Å². The molecule has 28 heavy (non-hydrogen) atoms. The fourth-order valence-corrected chi connectivity index (χ4v) is 2.65. The van der Waals surface area contributed by atoms with Crippen molar-refractivity contribution in [1.29, 1.82) is 0 Å². The first kappa shape index (κ1) is 21.5. The van der Waals surface area contributed by atoms with Crippen LogP contribution in [0.4, 0.5) is 13.2 Å². The predicted octanol–water partition coefficient (Wildman–Crippen LogP) is 4.32. The Morgan fingerprint density at radius 1 is 1.00 bits per heavy atom. The van der Waals surface area contributed by atoms with Crippen LogP contribution in [0.5, 0.6) is 0 Å². The summed E-state index contributed by atoms with van der Waals surface area (Å²) in [6.07, 6.45) is -4.60. The number of hydrogen-bond acceptors (Lipinski definition) is 3. The lowest BCUT2D eigenvalue weighted by atomic mass is 9.87. The fraction of sp³-hybridized carbons (Fsp3) is 0.333. The van der Waals surface area contributed by atoms with Crippen molar-refractivity contribution < 1.29 is 27.5 Å². The van der Waals surface area contributed by atoms with Gasteiger partial charge in [-0.1, -0.05) is 63.2 Å². The Kier molecular flexibility index (Phi) is 6.17. The number of alkyl halides is 3. The fourth-order valence-electron chi connectivity index (χ4n) is 2.65. The second kappa shape index (κ2) is 8.04. The molecule has 0 fully saturated rings. The van der Waals surface area contributed by atoms with Gasteiger partial charge >= 0.3 is 12.1 Å². The van der Waals surface area contributed by atoms with E-state index in [1.807, 2.05) is 12.1 Å². The minimum absolute atomic E-state index is 0.0320. The second-order valence-electron chi connectivity index (χ2n) is 7.51. The van der Waals surface area contributed by atoms with Crippen LogP contribution in [0.25, 0.3) is 0 Å². The van der Waals surface area contributed by atoms with Crippen LogP contribution in [0, 0.1) is 0 Å². The van der Waals surface area contributed by atoms with E-state index < -0.39 is 29.5 Å². The van der Waals surface area contributed by atoms with Gasteiger partial charge in [0.15, 0.2) is 5.92 Å². The maximum absolute atomic E-state index is 12.9. The molecule has 0 aliphatic heterocycles. The van der Waals surface area contributed by atoms with E-state index in [2.05, 4.69) is 20.8 Å². The van der Waals surface area contributed by atoms with Crippen LogP contribution in [0.3, 0.4) is 0 Å². The summed E-state index contributed by atoms with van der Waals surface area (Å²) in [6, 6.07) is 11.3. The van der Waals surface area contributed by atoms with Crippen molar-refractivity contribution in [3.63, 3.8) is 0 Å². The third-order valence-electron chi connectivity index (χ3n) is 4.27. The number of rotatable bonds is 5. The zero-order valence-electron chi connectivity index (χ0n) is 15.8. The van der Waals surface area contributed by atoms with Crippen LogP contribution < -0.4 is 5.73 Å². The molecule has 0 aliphatic rings. The maximum atomic E-state index is 12.9. The average molecular weight is 393 g/mol. The first-order valence-electron chi connectivity index (χ1n) is 8.62. The van der Waals surface area contributed by atoms with Crippen molar-refractivity contribution in [2.24, 2.45) is 5.73 Å². The summed E-state index contributed by atoms with van der Waals surface area (Å²) in [5, 5.41) is 0. The summed E-state index contributed by atoms with van der Waals surface area (Å²) < 4.78 is 43.8. The monoisotopic (exact) mass is 393 g/mol. The Balaban J connectivity index is 2.15. The average Bonchev–Trinajstić information content (AvgIpc) is 2.59. The van der Waals surface area contributed by atoms with Crippen molar-refractivity contribution in [2.75, 3.05) is 0 Å². The Bertz CT molecular complexity index is 852. The van der Waals surface area contributed by atoms with Crippen molar-refractivity contribution in [1.82, 2.24) is 0 Å². The van der Waals surface area contributed by atoms with Gasteiger partial charge in [0.1, 0.15) is 6.61 Å². The Morgan fingerprint density at radius 3 is 2.11 bits per heavy atom. The highest BCUT2D eigenvalue weighted by atomic mass is 19.4. The van der Waals surface area contributed by atoms with Crippen LogP contribution in [0.1, 0.15) is 48.9 Å². The Morgan fingerprint density at radius 2 is 1.61 bits per heavy atom. The van der Waals surface area contributed by atoms with Crippen molar-refractivity contribution in [3.8, 4) is 0 Å². The maximum Gasteiger partial charge on any atom is 0.416 e. The summed E-state index contributed by atoms with van der Waals surface area (Å²) >= 11 is 0. The number of halogens is 3. The molecular formula is C21H22F3NO3. The summed E-state index contributed by atoms with van der Waals surface area (Å²) in [4.78, 5) is 24.1. The molecule has 150 valence electrons. The molecule has 2 rings (SSSR count). The Hall–Kier alpha value is -2.83. The standard InChI is InChI=1S/C21H22F3NO3/c1-20(2,3)15-9-7-13(8-10-15)12-28-19(27)17(18(25)26)14-5-4-6-16(11-14)21(22,23)24/h4-11,17H,12H2,1-3H3,(H2,25,26). The number of carbonyl (C=O) groups excluding carboxylic acids is 2. The van der Waals surface area contributed by atoms with Crippen LogP contribution in [-0.4, -0.2) is 11.9 Å². The number of primary amides is 1. The quantitative estimate of drug-likeness (QED) is 0.608.